The van der Waals surface area contributed by atoms with Gasteiger partial charge in [-0.1, -0.05) is 0 Å². The van der Waals surface area contributed by atoms with Crippen molar-refractivity contribution in [3.05, 3.63) is 18.5 Å². The van der Waals surface area contributed by atoms with E-state index in [2.05, 4.69) is 10.4 Å². The van der Waals surface area contributed by atoms with Crippen molar-refractivity contribution in [1.82, 2.24) is 20.0 Å². The monoisotopic (exact) mass is 266 g/mol. The van der Waals surface area contributed by atoms with Crippen LogP contribution in [0.4, 0.5) is 4.79 Å². The molecule has 2 amide bonds. The number of nitrogens with zero attached hydrogens (tertiary/aromatic N) is 3. The summed E-state index contributed by atoms with van der Waals surface area (Å²) in [5, 5.41) is 15.6. The van der Waals surface area contributed by atoms with Crippen LogP contribution in [-0.2, 0) is 11.3 Å². The number of hydrogen-bond acceptors (Lipinski definition) is 3. The van der Waals surface area contributed by atoms with Crippen LogP contribution in [0.3, 0.4) is 0 Å². The number of nitrogens with one attached hydrogen (secondary N) is 1. The first-order chi connectivity index (χ1) is 9.15. The molecule has 1 aliphatic heterocycles. The topological polar surface area (TPSA) is 87.5 Å². The first kappa shape index (κ1) is 13.4. The standard InChI is InChI=1S/C12H18N4O3/c17-11(18)8-10-2-6-15(9-10)12(19)13-4-7-16-5-1-3-14-16/h1,3,5,10H,2,4,6-9H2,(H,13,19)(H,17,18). The fourth-order valence-corrected chi connectivity index (χ4v) is 2.25. The Labute approximate surface area is 111 Å². The minimum absolute atomic E-state index is 0.0781. The summed E-state index contributed by atoms with van der Waals surface area (Å²) in [6, 6.07) is 1.71. The van der Waals surface area contributed by atoms with Crippen LogP contribution in [0.1, 0.15) is 12.8 Å². The number of aromatic nitrogens is 2. The molecule has 0 aliphatic carbocycles. The van der Waals surface area contributed by atoms with Gasteiger partial charge in [0, 0.05) is 38.4 Å². The molecule has 1 aromatic rings. The Morgan fingerprint density at radius 1 is 1.47 bits per heavy atom. The maximum atomic E-state index is 11.8. The minimum Gasteiger partial charge on any atom is -0.481 e. The number of rotatable bonds is 5. The Bertz CT molecular complexity index is 432. The van der Waals surface area contributed by atoms with E-state index in [1.54, 1.807) is 15.8 Å². The average Bonchev–Trinajstić information content (AvgIpc) is 2.99. The van der Waals surface area contributed by atoms with Crippen LogP contribution in [0.2, 0.25) is 0 Å². The molecule has 0 saturated carbocycles. The fraction of sp³-hybridized carbons (Fsp3) is 0.583. The summed E-state index contributed by atoms with van der Waals surface area (Å²) >= 11 is 0. The Morgan fingerprint density at radius 3 is 3.00 bits per heavy atom. The highest BCUT2D eigenvalue weighted by Gasteiger charge is 2.27. The van der Waals surface area contributed by atoms with Crippen molar-refractivity contribution in [3.8, 4) is 0 Å². The molecule has 7 nitrogen and oxygen atoms in total. The Kier molecular flexibility index (Phi) is 4.38. The van der Waals surface area contributed by atoms with E-state index in [0.29, 0.717) is 26.2 Å². The third-order valence-electron chi connectivity index (χ3n) is 3.21. The number of carboxylic acid groups (broad SMARTS) is 1. The Balaban J connectivity index is 1.68. The smallest absolute Gasteiger partial charge is 0.317 e. The second-order valence-electron chi connectivity index (χ2n) is 4.70. The van der Waals surface area contributed by atoms with Crippen molar-refractivity contribution >= 4 is 12.0 Å². The molecule has 0 radical (unpaired) electrons. The second kappa shape index (κ2) is 6.21. The van der Waals surface area contributed by atoms with Crippen molar-refractivity contribution in [2.24, 2.45) is 5.92 Å². The molecule has 1 saturated heterocycles. The van der Waals surface area contributed by atoms with Crippen LogP contribution in [0, 0.1) is 5.92 Å². The SMILES string of the molecule is O=C(O)CC1CCN(C(=O)NCCn2cccn2)C1. The largest absolute Gasteiger partial charge is 0.481 e. The molecule has 1 aliphatic rings. The van der Waals surface area contributed by atoms with Gasteiger partial charge in [-0.2, -0.15) is 5.10 Å². The number of aliphatic carboxylic acids is 1. The molecule has 2 heterocycles. The molecule has 1 atom stereocenters. The summed E-state index contributed by atoms with van der Waals surface area (Å²) in [7, 11) is 0. The molecule has 1 fully saturated rings. The summed E-state index contributed by atoms with van der Waals surface area (Å²) in [6.45, 7) is 2.30. The maximum absolute atomic E-state index is 11.8. The van der Waals surface area contributed by atoms with E-state index >= 15 is 0 Å². The molecular formula is C12H18N4O3. The van der Waals surface area contributed by atoms with E-state index < -0.39 is 5.97 Å². The van der Waals surface area contributed by atoms with Crippen LogP contribution < -0.4 is 5.32 Å². The first-order valence-corrected chi connectivity index (χ1v) is 6.37. The molecule has 104 valence electrons. The van der Waals surface area contributed by atoms with E-state index in [9.17, 15) is 9.59 Å². The minimum atomic E-state index is -0.800. The van der Waals surface area contributed by atoms with Crippen molar-refractivity contribution in [1.29, 1.82) is 0 Å². The van der Waals surface area contributed by atoms with Gasteiger partial charge in [0.15, 0.2) is 0 Å². The van der Waals surface area contributed by atoms with Gasteiger partial charge < -0.3 is 15.3 Å². The van der Waals surface area contributed by atoms with Gasteiger partial charge in [0.1, 0.15) is 0 Å². The van der Waals surface area contributed by atoms with Gasteiger partial charge in [0.05, 0.1) is 6.54 Å². The van der Waals surface area contributed by atoms with E-state index in [4.69, 9.17) is 5.11 Å². The van der Waals surface area contributed by atoms with Gasteiger partial charge in [0.2, 0.25) is 0 Å². The zero-order chi connectivity index (χ0) is 13.7. The van der Waals surface area contributed by atoms with E-state index in [1.165, 1.54) is 0 Å². The van der Waals surface area contributed by atoms with E-state index in [0.717, 1.165) is 6.42 Å². The first-order valence-electron chi connectivity index (χ1n) is 6.37. The van der Waals surface area contributed by atoms with Crippen LogP contribution in [0.5, 0.6) is 0 Å². The molecule has 0 spiro atoms. The molecular weight excluding hydrogens is 248 g/mol. The third kappa shape index (κ3) is 3.97. The summed E-state index contributed by atoms with van der Waals surface area (Å²) in [6.07, 6.45) is 4.43. The summed E-state index contributed by atoms with van der Waals surface area (Å²) < 4.78 is 1.75. The molecule has 19 heavy (non-hydrogen) atoms. The van der Waals surface area contributed by atoms with Gasteiger partial charge >= 0.3 is 12.0 Å². The average molecular weight is 266 g/mol. The highest BCUT2D eigenvalue weighted by atomic mass is 16.4. The lowest BCUT2D eigenvalue weighted by molar-refractivity contribution is -0.138. The predicted octanol–water partition coefficient (Wildman–Crippen LogP) is 0.389. The number of amides is 2. The van der Waals surface area contributed by atoms with Crippen LogP contribution in [0.25, 0.3) is 0 Å². The lowest BCUT2D eigenvalue weighted by atomic mass is 10.1. The number of carbonyl (C=O) groups is 2. The van der Waals surface area contributed by atoms with Gasteiger partial charge in [-0.15, -0.1) is 0 Å². The van der Waals surface area contributed by atoms with Gasteiger partial charge in [0.25, 0.3) is 0 Å². The molecule has 1 aromatic heterocycles. The van der Waals surface area contributed by atoms with Gasteiger partial charge in [-0.05, 0) is 18.4 Å². The Hall–Kier alpha value is -2.05. The zero-order valence-corrected chi connectivity index (χ0v) is 10.7. The Morgan fingerprint density at radius 2 is 2.32 bits per heavy atom. The zero-order valence-electron chi connectivity index (χ0n) is 10.7. The molecule has 2 rings (SSSR count). The summed E-state index contributed by atoms with van der Waals surface area (Å²) in [5.74, 6) is -0.722. The number of hydrogen-bond donors (Lipinski definition) is 2. The number of carboxylic acids is 1. The summed E-state index contributed by atoms with van der Waals surface area (Å²) in [5.41, 5.74) is 0. The molecule has 2 N–H and O–H groups in total. The highest BCUT2D eigenvalue weighted by Crippen LogP contribution is 2.19. The third-order valence-corrected chi connectivity index (χ3v) is 3.21. The van der Waals surface area contributed by atoms with Gasteiger partial charge in [-0.3, -0.25) is 9.48 Å². The summed E-state index contributed by atoms with van der Waals surface area (Å²) in [4.78, 5) is 24.1. The highest BCUT2D eigenvalue weighted by molar-refractivity contribution is 5.74. The van der Waals surface area contributed by atoms with Crippen LogP contribution in [-0.4, -0.2) is 51.4 Å². The number of carbonyl (C=O) groups excluding carboxylic acids is 1. The van der Waals surface area contributed by atoms with Crippen molar-refractivity contribution in [3.63, 3.8) is 0 Å². The lowest BCUT2D eigenvalue weighted by Gasteiger charge is -2.17. The van der Waals surface area contributed by atoms with Gasteiger partial charge in [-0.25, -0.2) is 4.79 Å². The maximum Gasteiger partial charge on any atom is 0.317 e. The van der Waals surface area contributed by atoms with E-state index in [1.807, 2.05) is 12.3 Å². The fourth-order valence-electron chi connectivity index (χ4n) is 2.25. The molecule has 1 unspecified atom stereocenters. The van der Waals surface area contributed by atoms with Crippen molar-refractivity contribution < 1.29 is 14.7 Å². The van der Waals surface area contributed by atoms with E-state index in [-0.39, 0.29) is 18.4 Å². The van der Waals surface area contributed by atoms with Crippen LogP contribution in [0.15, 0.2) is 18.5 Å². The molecule has 0 aromatic carbocycles. The van der Waals surface area contributed by atoms with Crippen LogP contribution >= 0.6 is 0 Å². The molecule has 0 bridgehead atoms. The lowest BCUT2D eigenvalue weighted by Crippen LogP contribution is -2.39. The van der Waals surface area contributed by atoms with Crippen molar-refractivity contribution in [2.75, 3.05) is 19.6 Å². The molecule has 7 heteroatoms. The van der Waals surface area contributed by atoms with Crippen molar-refractivity contribution in [2.45, 2.75) is 19.4 Å². The number of urea groups is 1. The quantitative estimate of drug-likeness (QED) is 0.807. The normalized spacial score (nSPS) is 18.5. The predicted molar refractivity (Wildman–Crippen MR) is 67.6 cm³/mol. The second-order valence-corrected chi connectivity index (χ2v) is 4.70. The number of likely N-dealkylation sites (tertiary alicyclic amines) is 1.